The molecule has 2 heterocycles. The van der Waals surface area contributed by atoms with E-state index in [9.17, 15) is 0 Å². The second-order valence-electron chi connectivity index (χ2n) is 5.07. The van der Waals surface area contributed by atoms with Gasteiger partial charge >= 0.3 is 0 Å². The van der Waals surface area contributed by atoms with Crippen LogP contribution in [0, 0.1) is 0 Å². The van der Waals surface area contributed by atoms with Crippen LogP contribution in [-0.2, 0) is 17.6 Å². The molecule has 0 fully saturated rings. The summed E-state index contributed by atoms with van der Waals surface area (Å²) in [5.41, 5.74) is 10.4. The summed E-state index contributed by atoms with van der Waals surface area (Å²) < 4.78 is 5.91. The van der Waals surface area contributed by atoms with Gasteiger partial charge in [0.1, 0.15) is 0 Å². The van der Waals surface area contributed by atoms with Gasteiger partial charge in [0.05, 0.1) is 12.7 Å². The van der Waals surface area contributed by atoms with Crippen LogP contribution in [-0.4, -0.2) is 12.6 Å². The number of nitrogens with two attached hydrogens (primary N) is 1. The Balaban J connectivity index is 1.69. The van der Waals surface area contributed by atoms with Gasteiger partial charge in [0, 0.05) is 6.04 Å². The first-order chi connectivity index (χ1) is 9.34. The van der Waals surface area contributed by atoms with Crippen LogP contribution in [0.2, 0.25) is 0 Å². The number of hydrogen-bond acceptors (Lipinski definition) is 3. The highest BCUT2D eigenvalue weighted by atomic mass is 32.1. The van der Waals surface area contributed by atoms with Crippen LogP contribution >= 0.6 is 11.3 Å². The topological polar surface area (TPSA) is 35.2 Å². The van der Waals surface area contributed by atoms with Crippen molar-refractivity contribution < 1.29 is 4.74 Å². The molecule has 0 bridgehead atoms. The summed E-state index contributed by atoms with van der Waals surface area (Å²) in [7, 11) is 0. The van der Waals surface area contributed by atoms with Gasteiger partial charge in [0.25, 0.3) is 0 Å². The van der Waals surface area contributed by atoms with E-state index >= 15 is 0 Å². The van der Waals surface area contributed by atoms with E-state index in [0.717, 1.165) is 25.9 Å². The van der Waals surface area contributed by atoms with Gasteiger partial charge in [-0.3, -0.25) is 0 Å². The molecule has 2 atom stereocenters. The molecule has 0 spiro atoms. The Bertz CT molecular complexity index is 523. The minimum Gasteiger partial charge on any atom is -0.372 e. The lowest BCUT2D eigenvalue weighted by atomic mass is 9.91. The predicted molar refractivity (Wildman–Crippen MR) is 79.5 cm³/mol. The molecule has 1 aliphatic heterocycles. The van der Waals surface area contributed by atoms with E-state index in [1.165, 1.54) is 16.7 Å². The summed E-state index contributed by atoms with van der Waals surface area (Å²) in [6, 6.07) is 10.8. The fourth-order valence-corrected chi connectivity index (χ4v) is 3.40. The average Bonchev–Trinajstić information content (AvgIpc) is 2.97. The third-order valence-electron chi connectivity index (χ3n) is 3.77. The summed E-state index contributed by atoms with van der Waals surface area (Å²) in [6.07, 6.45) is 3.07. The summed E-state index contributed by atoms with van der Waals surface area (Å²) in [4.78, 5) is 0. The van der Waals surface area contributed by atoms with Crippen molar-refractivity contribution in [2.75, 3.05) is 6.61 Å². The number of ether oxygens (including phenoxy) is 1. The number of aryl methyl sites for hydroxylation is 1. The van der Waals surface area contributed by atoms with Crippen LogP contribution in [0.5, 0.6) is 0 Å². The maximum atomic E-state index is 6.36. The van der Waals surface area contributed by atoms with E-state index in [4.69, 9.17) is 10.5 Å². The first kappa shape index (κ1) is 12.9. The normalized spacial score (nSPS) is 19.9. The average molecular weight is 273 g/mol. The van der Waals surface area contributed by atoms with Crippen molar-refractivity contribution in [2.45, 2.75) is 31.4 Å². The number of hydrogen-bond donors (Lipinski definition) is 1. The Morgan fingerprint density at radius 1 is 1.32 bits per heavy atom. The Hall–Kier alpha value is -1.16. The Kier molecular flexibility index (Phi) is 3.97. The fraction of sp³-hybridized carbons (Fsp3) is 0.375. The van der Waals surface area contributed by atoms with Crippen molar-refractivity contribution in [3.05, 3.63) is 57.8 Å². The second kappa shape index (κ2) is 5.87. The Labute approximate surface area is 118 Å². The van der Waals surface area contributed by atoms with Gasteiger partial charge in [0.15, 0.2) is 0 Å². The third-order valence-corrected chi connectivity index (χ3v) is 4.50. The number of fused-ring (bicyclic) bond motifs is 1. The second-order valence-corrected chi connectivity index (χ2v) is 5.85. The molecule has 3 heteroatoms. The van der Waals surface area contributed by atoms with Gasteiger partial charge < -0.3 is 10.5 Å². The van der Waals surface area contributed by atoms with Gasteiger partial charge in [-0.25, -0.2) is 0 Å². The molecule has 2 aromatic rings. The zero-order valence-electron chi connectivity index (χ0n) is 10.9. The standard InChI is InChI=1S/C16H19NOS/c17-15(6-5-12-8-10-19-11-12)16-14-4-2-1-3-13(14)7-9-18-16/h1-4,8,10-11,15-16H,5-7,9,17H2. The highest BCUT2D eigenvalue weighted by Gasteiger charge is 2.25. The number of rotatable bonds is 4. The lowest BCUT2D eigenvalue weighted by molar-refractivity contribution is 0.0228. The van der Waals surface area contributed by atoms with Crippen molar-refractivity contribution in [3.63, 3.8) is 0 Å². The van der Waals surface area contributed by atoms with Gasteiger partial charge in [-0.15, -0.1) is 0 Å². The minimum atomic E-state index is 0.0589. The molecule has 3 rings (SSSR count). The first-order valence-corrected chi connectivity index (χ1v) is 7.75. The van der Waals surface area contributed by atoms with Crippen molar-refractivity contribution in [1.82, 2.24) is 0 Å². The first-order valence-electron chi connectivity index (χ1n) is 6.80. The highest BCUT2D eigenvalue weighted by molar-refractivity contribution is 7.07. The number of benzene rings is 1. The summed E-state index contributed by atoms with van der Waals surface area (Å²) in [5, 5.41) is 4.32. The van der Waals surface area contributed by atoms with E-state index in [0.29, 0.717) is 0 Å². The summed E-state index contributed by atoms with van der Waals surface area (Å²) >= 11 is 1.74. The monoisotopic (exact) mass is 273 g/mol. The molecule has 0 amide bonds. The summed E-state index contributed by atoms with van der Waals surface area (Å²) in [6.45, 7) is 0.786. The van der Waals surface area contributed by atoms with Crippen LogP contribution in [0.1, 0.15) is 29.2 Å². The van der Waals surface area contributed by atoms with E-state index < -0.39 is 0 Å². The Morgan fingerprint density at radius 2 is 2.21 bits per heavy atom. The molecule has 19 heavy (non-hydrogen) atoms. The quantitative estimate of drug-likeness (QED) is 0.927. The molecule has 100 valence electrons. The van der Waals surface area contributed by atoms with E-state index in [2.05, 4.69) is 41.1 Å². The fourth-order valence-electron chi connectivity index (χ4n) is 2.70. The summed E-state index contributed by atoms with van der Waals surface area (Å²) in [5.74, 6) is 0. The molecule has 1 aliphatic rings. The van der Waals surface area contributed by atoms with Crippen LogP contribution in [0.25, 0.3) is 0 Å². The van der Waals surface area contributed by atoms with Crippen molar-refractivity contribution >= 4 is 11.3 Å². The SMILES string of the molecule is NC(CCc1ccsc1)C1OCCc2ccccc21. The molecule has 0 saturated heterocycles. The van der Waals surface area contributed by atoms with E-state index in [-0.39, 0.29) is 12.1 Å². The predicted octanol–water partition coefficient (Wildman–Crippen LogP) is 3.32. The van der Waals surface area contributed by atoms with Crippen LogP contribution < -0.4 is 5.73 Å². The molecule has 0 radical (unpaired) electrons. The van der Waals surface area contributed by atoms with Crippen LogP contribution in [0.3, 0.4) is 0 Å². The molecule has 2 nitrogen and oxygen atoms in total. The van der Waals surface area contributed by atoms with Crippen molar-refractivity contribution in [1.29, 1.82) is 0 Å². The van der Waals surface area contributed by atoms with Gasteiger partial charge in [-0.05, 0) is 52.8 Å². The van der Waals surface area contributed by atoms with Crippen LogP contribution in [0.15, 0.2) is 41.1 Å². The highest BCUT2D eigenvalue weighted by Crippen LogP contribution is 2.30. The molecule has 2 N–H and O–H groups in total. The third kappa shape index (κ3) is 2.89. The molecule has 1 aromatic carbocycles. The Morgan fingerprint density at radius 3 is 3.05 bits per heavy atom. The van der Waals surface area contributed by atoms with E-state index in [1.54, 1.807) is 11.3 Å². The molecule has 0 aliphatic carbocycles. The zero-order valence-corrected chi connectivity index (χ0v) is 11.7. The number of thiophene rings is 1. The largest absolute Gasteiger partial charge is 0.372 e. The molecule has 0 saturated carbocycles. The van der Waals surface area contributed by atoms with Crippen LogP contribution in [0.4, 0.5) is 0 Å². The minimum absolute atomic E-state index is 0.0589. The maximum absolute atomic E-state index is 6.36. The van der Waals surface area contributed by atoms with Gasteiger partial charge in [-0.2, -0.15) is 11.3 Å². The van der Waals surface area contributed by atoms with Crippen molar-refractivity contribution in [3.8, 4) is 0 Å². The molecule has 1 aromatic heterocycles. The van der Waals surface area contributed by atoms with Gasteiger partial charge in [0.2, 0.25) is 0 Å². The zero-order chi connectivity index (χ0) is 13.1. The lowest BCUT2D eigenvalue weighted by Gasteiger charge is -2.30. The maximum Gasteiger partial charge on any atom is 0.0978 e. The van der Waals surface area contributed by atoms with Crippen molar-refractivity contribution in [2.24, 2.45) is 5.73 Å². The van der Waals surface area contributed by atoms with Gasteiger partial charge in [-0.1, -0.05) is 24.3 Å². The molecular weight excluding hydrogens is 254 g/mol. The lowest BCUT2D eigenvalue weighted by Crippen LogP contribution is -2.34. The molecular formula is C16H19NOS. The molecule has 2 unspecified atom stereocenters. The van der Waals surface area contributed by atoms with E-state index in [1.807, 2.05) is 0 Å². The smallest absolute Gasteiger partial charge is 0.0978 e.